The first-order valence-corrected chi connectivity index (χ1v) is 9.00. The minimum absolute atomic E-state index is 0.144. The van der Waals surface area contributed by atoms with Crippen LogP contribution in [0.1, 0.15) is 24.8 Å². The maximum absolute atomic E-state index is 14.4. The van der Waals surface area contributed by atoms with Crippen molar-refractivity contribution >= 4 is 17.6 Å². The molecule has 1 amide bonds. The van der Waals surface area contributed by atoms with Gasteiger partial charge < -0.3 is 20.6 Å². The number of benzene rings is 1. The van der Waals surface area contributed by atoms with Crippen molar-refractivity contribution in [3.8, 4) is 11.1 Å². The second kappa shape index (κ2) is 9.23. The van der Waals surface area contributed by atoms with Gasteiger partial charge in [-0.2, -0.15) is 0 Å². The summed E-state index contributed by atoms with van der Waals surface area (Å²) in [7, 11) is 0. The average molecular weight is 387 g/mol. The molecule has 1 saturated heterocycles. The Balaban J connectivity index is 1.59. The van der Waals surface area contributed by atoms with Gasteiger partial charge in [0.05, 0.1) is 18.7 Å². The summed E-state index contributed by atoms with van der Waals surface area (Å²) in [5.41, 5.74) is 7.11. The summed E-state index contributed by atoms with van der Waals surface area (Å²) in [5.74, 6) is -0.314. The predicted octanol–water partition coefficient (Wildman–Crippen LogP) is 1.62. The van der Waals surface area contributed by atoms with Gasteiger partial charge in [0, 0.05) is 55.0 Å². The number of hydrogen-bond acceptors (Lipinski definition) is 7. The van der Waals surface area contributed by atoms with Crippen LogP contribution in [-0.4, -0.2) is 46.4 Å². The number of primary amides is 1. The van der Waals surface area contributed by atoms with Crippen molar-refractivity contribution in [1.29, 1.82) is 0 Å². The number of aliphatic hydroxyl groups excluding tert-OH is 1. The Morgan fingerprint density at radius 2 is 2.00 bits per heavy atom. The molecule has 0 spiro atoms. The molecule has 0 atom stereocenters. The van der Waals surface area contributed by atoms with E-state index in [-0.39, 0.29) is 25.2 Å². The highest BCUT2D eigenvalue weighted by atomic mass is 19.1. The predicted molar refractivity (Wildman–Crippen MR) is 102 cm³/mol. The first-order valence-electron chi connectivity index (χ1n) is 9.00. The van der Waals surface area contributed by atoms with Crippen molar-refractivity contribution < 1.29 is 19.1 Å². The molecule has 1 aliphatic heterocycles. The van der Waals surface area contributed by atoms with Crippen molar-refractivity contribution in [2.45, 2.75) is 25.9 Å². The number of aromatic nitrogens is 2. The first-order chi connectivity index (χ1) is 13.6. The Labute approximate surface area is 161 Å². The Hall–Kier alpha value is -3.07. The lowest BCUT2D eigenvalue weighted by Gasteiger charge is -2.27. The molecule has 8 nitrogen and oxygen atoms in total. The van der Waals surface area contributed by atoms with Crippen molar-refractivity contribution in [1.82, 2.24) is 9.97 Å². The molecule has 1 fully saturated rings. The Morgan fingerprint density at radius 1 is 1.29 bits per heavy atom. The zero-order valence-electron chi connectivity index (χ0n) is 15.3. The first kappa shape index (κ1) is 19.7. The standard InChI is InChI=1S/C19H22FN5O3/c20-18-13(12-26)2-1-3-16(18)14-10-22-19(23-11-14)25-7-4-15(5-8-25)24-28-9-6-17(21)27/h1-3,10-11,26H,4-9,12H2,(H2,21,27). The van der Waals surface area contributed by atoms with Crippen LogP contribution in [0.3, 0.4) is 0 Å². The highest BCUT2D eigenvalue weighted by Crippen LogP contribution is 2.25. The molecule has 28 heavy (non-hydrogen) atoms. The van der Waals surface area contributed by atoms with Crippen LogP contribution < -0.4 is 10.6 Å². The minimum atomic E-state index is -0.462. The third kappa shape index (κ3) is 4.80. The summed E-state index contributed by atoms with van der Waals surface area (Å²) in [5, 5.41) is 13.2. The number of carbonyl (C=O) groups is 1. The van der Waals surface area contributed by atoms with E-state index in [4.69, 9.17) is 10.6 Å². The number of nitrogens with two attached hydrogens (primary N) is 1. The summed E-state index contributed by atoms with van der Waals surface area (Å²) in [6.45, 7) is 1.20. The van der Waals surface area contributed by atoms with Gasteiger partial charge in [-0.05, 0) is 0 Å². The fourth-order valence-corrected chi connectivity index (χ4v) is 2.89. The molecule has 0 bridgehead atoms. The van der Waals surface area contributed by atoms with Gasteiger partial charge in [0.2, 0.25) is 11.9 Å². The van der Waals surface area contributed by atoms with Gasteiger partial charge in [0.1, 0.15) is 12.4 Å². The van der Waals surface area contributed by atoms with Crippen molar-refractivity contribution in [2.75, 3.05) is 24.6 Å². The van der Waals surface area contributed by atoms with Crippen LogP contribution in [0.2, 0.25) is 0 Å². The number of halogens is 1. The molecule has 2 heterocycles. The van der Waals surface area contributed by atoms with Crippen molar-refractivity contribution in [3.63, 3.8) is 0 Å². The summed E-state index contributed by atoms with van der Waals surface area (Å²) >= 11 is 0. The van der Waals surface area contributed by atoms with Gasteiger partial charge in [-0.15, -0.1) is 0 Å². The van der Waals surface area contributed by atoms with Crippen LogP contribution in [-0.2, 0) is 16.2 Å². The lowest BCUT2D eigenvalue weighted by Crippen LogP contribution is -2.35. The van der Waals surface area contributed by atoms with Gasteiger partial charge in [0.15, 0.2) is 0 Å². The number of hydrogen-bond donors (Lipinski definition) is 2. The smallest absolute Gasteiger partial charge is 0.225 e. The number of anilines is 1. The molecule has 0 unspecified atom stereocenters. The van der Waals surface area contributed by atoms with Crippen molar-refractivity contribution in [2.24, 2.45) is 10.9 Å². The van der Waals surface area contributed by atoms with E-state index >= 15 is 0 Å². The molecule has 1 aromatic carbocycles. The molecule has 3 N–H and O–H groups in total. The van der Waals surface area contributed by atoms with E-state index in [1.54, 1.807) is 30.6 Å². The number of nitrogens with zero attached hydrogens (tertiary/aromatic N) is 4. The molecule has 148 valence electrons. The van der Waals surface area contributed by atoms with Gasteiger partial charge >= 0.3 is 0 Å². The highest BCUT2D eigenvalue weighted by molar-refractivity contribution is 5.86. The van der Waals surface area contributed by atoms with Crippen LogP contribution in [0.4, 0.5) is 10.3 Å². The molecule has 0 saturated carbocycles. The number of rotatable bonds is 7. The van der Waals surface area contributed by atoms with Crippen LogP contribution in [0.5, 0.6) is 0 Å². The molecule has 9 heteroatoms. The fourth-order valence-electron chi connectivity index (χ4n) is 2.89. The van der Waals surface area contributed by atoms with E-state index in [1.165, 1.54) is 0 Å². The van der Waals surface area contributed by atoms with E-state index < -0.39 is 11.7 Å². The Morgan fingerprint density at radius 3 is 2.64 bits per heavy atom. The summed E-state index contributed by atoms with van der Waals surface area (Å²) in [4.78, 5) is 26.5. The van der Waals surface area contributed by atoms with Crippen LogP contribution in [0, 0.1) is 5.82 Å². The Kier molecular flexibility index (Phi) is 6.49. The second-order valence-electron chi connectivity index (χ2n) is 6.40. The molecule has 0 aliphatic carbocycles. The van der Waals surface area contributed by atoms with E-state index in [0.29, 0.717) is 43.0 Å². The fraction of sp³-hybridized carbons (Fsp3) is 0.368. The van der Waals surface area contributed by atoms with Gasteiger partial charge in [-0.25, -0.2) is 14.4 Å². The monoisotopic (exact) mass is 387 g/mol. The Bertz CT molecular complexity index is 847. The third-order valence-corrected chi connectivity index (χ3v) is 4.46. The number of carbonyl (C=O) groups excluding carboxylic acids is 1. The number of aliphatic hydroxyl groups is 1. The lowest BCUT2D eigenvalue weighted by atomic mass is 10.1. The summed E-state index contributed by atoms with van der Waals surface area (Å²) in [6.07, 6.45) is 4.71. The number of piperidine rings is 1. The van der Waals surface area contributed by atoms with E-state index in [9.17, 15) is 14.3 Å². The van der Waals surface area contributed by atoms with Gasteiger partial charge in [-0.3, -0.25) is 4.79 Å². The van der Waals surface area contributed by atoms with E-state index in [2.05, 4.69) is 15.1 Å². The van der Waals surface area contributed by atoms with Gasteiger partial charge in [-0.1, -0.05) is 23.4 Å². The molecule has 1 aliphatic rings. The van der Waals surface area contributed by atoms with E-state index in [1.807, 2.05) is 4.90 Å². The average Bonchev–Trinajstić information content (AvgIpc) is 2.72. The SMILES string of the molecule is NC(=O)CCON=C1CCN(c2ncc(-c3cccc(CO)c3F)cn2)CC1. The molecule has 3 rings (SSSR count). The van der Waals surface area contributed by atoms with Crippen LogP contribution >= 0.6 is 0 Å². The van der Waals surface area contributed by atoms with Gasteiger partial charge in [0.25, 0.3) is 0 Å². The molecular formula is C19H22FN5O3. The zero-order chi connectivity index (χ0) is 19.9. The molecular weight excluding hydrogens is 365 g/mol. The maximum atomic E-state index is 14.4. The second-order valence-corrected chi connectivity index (χ2v) is 6.40. The largest absolute Gasteiger partial charge is 0.395 e. The highest BCUT2D eigenvalue weighted by Gasteiger charge is 2.18. The zero-order valence-corrected chi connectivity index (χ0v) is 15.3. The topological polar surface area (TPSA) is 114 Å². The van der Waals surface area contributed by atoms with E-state index in [0.717, 1.165) is 5.71 Å². The lowest BCUT2D eigenvalue weighted by molar-refractivity contribution is -0.119. The molecule has 1 aromatic heterocycles. The van der Waals surface area contributed by atoms with Crippen LogP contribution in [0.15, 0.2) is 35.7 Å². The minimum Gasteiger partial charge on any atom is -0.395 e. The normalized spacial score (nSPS) is 14.1. The van der Waals surface area contributed by atoms with Crippen LogP contribution in [0.25, 0.3) is 11.1 Å². The van der Waals surface area contributed by atoms with Crippen molar-refractivity contribution in [3.05, 3.63) is 42.0 Å². The maximum Gasteiger partial charge on any atom is 0.225 e. The summed E-state index contributed by atoms with van der Waals surface area (Å²) < 4.78 is 14.4. The molecule has 0 radical (unpaired) electrons. The molecule has 2 aromatic rings. The summed E-state index contributed by atoms with van der Waals surface area (Å²) in [6, 6.07) is 4.86. The number of oxime groups is 1. The quantitative estimate of drug-likeness (QED) is 0.551. The number of amides is 1. The third-order valence-electron chi connectivity index (χ3n) is 4.46.